The van der Waals surface area contributed by atoms with E-state index in [0.29, 0.717) is 17.4 Å². The second kappa shape index (κ2) is 5.93. The quantitative estimate of drug-likeness (QED) is 0.843. The van der Waals surface area contributed by atoms with Gasteiger partial charge < -0.3 is 10.0 Å². The van der Waals surface area contributed by atoms with E-state index < -0.39 is 5.97 Å². The van der Waals surface area contributed by atoms with Crippen molar-refractivity contribution in [1.82, 2.24) is 4.90 Å². The van der Waals surface area contributed by atoms with E-state index in [2.05, 4.69) is 35.2 Å². The molecule has 3 atom stereocenters. The van der Waals surface area contributed by atoms with Crippen LogP contribution in [0.25, 0.3) is 0 Å². The molecule has 28 heavy (non-hydrogen) atoms. The van der Waals surface area contributed by atoms with Gasteiger partial charge in [-0.25, -0.2) is 4.79 Å². The van der Waals surface area contributed by atoms with Crippen LogP contribution in [0.1, 0.15) is 76.6 Å². The smallest absolute Gasteiger partial charge is 0.335 e. The second-order valence-corrected chi connectivity index (χ2v) is 9.55. The van der Waals surface area contributed by atoms with Crippen molar-refractivity contribution in [3.63, 3.8) is 0 Å². The Balaban J connectivity index is 1.47. The van der Waals surface area contributed by atoms with E-state index in [-0.39, 0.29) is 5.41 Å². The lowest BCUT2D eigenvalue weighted by molar-refractivity contribution is 0.0696. The number of carboxylic acid groups (broad SMARTS) is 1. The first kappa shape index (κ1) is 16.8. The van der Waals surface area contributed by atoms with Gasteiger partial charge in [-0.05, 0) is 59.6 Å². The summed E-state index contributed by atoms with van der Waals surface area (Å²) in [7, 11) is 0. The summed E-state index contributed by atoms with van der Waals surface area (Å²) in [6.45, 7) is 3.44. The maximum atomic E-state index is 11.7. The Labute approximate surface area is 166 Å². The molecule has 2 aromatic rings. The highest BCUT2D eigenvalue weighted by Gasteiger charge is 2.58. The molecule has 2 bridgehead atoms. The Morgan fingerprint density at radius 3 is 2.64 bits per heavy atom. The van der Waals surface area contributed by atoms with Gasteiger partial charge in [0.15, 0.2) is 0 Å². The number of hydrogen-bond acceptors (Lipinski definition) is 2. The van der Waals surface area contributed by atoms with Crippen molar-refractivity contribution in [2.45, 2.75) is 49.4 Å². The third-order valence-electron chi connectivity index (χ3n) is 8.13. The van der Waals surface area contributed by atoms with Gasteiger partial charge in [0.05, 0.1) is 5.56 Å². The van der Waals surface area contributed by atoms with E-state index in [1.165, 1.54) is 54.5 Å². The molecular formula is C25H27NO2. The molecule has 6 rings (SSSR count). The van der Waals surface area contributed by atoms with Crippen molar-refractivity contribution in [3.05, 3.63) is 70.3 Å². The topological polar surface area (TPSA) is 40.5 Å². The fourth-order valence-electron chi connectivity index (χ4n) is 7.01. The summed E-state index contributed by atoms with van der Waals surface area (Å²) in [4.78, 5) is 14.4. The molecular weight excluding hydrogens is 346 g/mol. The predicted octanol–water partition coefficient (Wildman–Crippen LogP) is 4.76. The zero-order valence-electron chi connectivity index (χ0n) is 16.2. The molecule has 1 heterocycles. The highest BCUT2D eigenvalue weighted by molar-refractivity contribution is 5.88. The molecule has 0 amide bonds. The van der Waals surface area contributed by atoms with Crippen LogP contribution in [0.4, 0.5) is 0 Å². The van der Waals surface area contributed by atoms with Gasteiger partial charge in [-0.3, -0.25) is 0 Å². The number of fused-ring (bicyclic) bond motifs is 3. The Kier molecular flexibility index (Phi) is 3.56. The molecule has 144 valence electrons. The molecule has 1 spiro atoms. The summed E-state index contributed by atoms with van der Waals surface area (Å²) in [6, 6.07) is 14.9. The first-order valence-electron chi connectivity index (χ1n) is 10.8. The summed E-state index contributed by atoms with van der Waals surface area (Å²) < 4.78 is 0. The van der Waals surface area contributed by atoms with Gasteiger partial charge in [-0.2, -0.15) is 0 Å². The van der Waals surface area contributed by atoms with Gasteiger partial charge in [0.2, 0.25) is 0 Å². The average molecular weight is 373 g/mol. The number of carboxylic acids is 1. The number of carbonyl (C=O) groups is 1. The number of rotatable bonds is 3. The van der Waals surface area contributed by atoms with Crippen molar-refractivity contribution in [3.8, 4) is 0 Å². The maximum absolute atomic E-state index is 11.7. The molecule has 0 aromatic heterocycles. The first-order valence-corrected chi connectivity index (χ1v) is 10.8. The van der Waals surface area contributed by atoms with E-state index in [4.69, 9.17) is 0 Å². The normalized spacial score (nSPS) is 30.9. The fraction of sp³-hybridized carbons (Fsp3) is 0.480. The summed E-state index contributed by atoms with van der Waals surface area (Å²) in [6.07, 6.45) is 6.69. The fourth-order valence-corrected chi connectivity index (χ4v) is 7.01. The van der Waals surface area contributed by atoms with Crippen molar-refractivity contribution in [2.75, 3.05) is 19.6 Å². The second-order valence-electron chi connectivity index (χ2n) is 9.55. The minimum atomic E-state index is -0.810. The zero-order valence-corrected chi connectivity index (χ0v) is 16.2. The molecule has 1 aliphatic heterocycles. The third kappa shape index (κ3) is 2.23. The van der Waals surface area contributed by atoms with Gasteiger partial charge in [0.25, 0.3) is 0 Å². The molecule has 3 heteroatoms. The van der Waals surface area contributed by atoms with Crippen molar-refractivity contribution < 1.29 is 9.90 Å². The van der Waals surface area contributed by atoms with Gasteiger partial charge in [-0.15, -0.1) is 0 Å². The lowest BCUT2D eigenvalue weighted by Crippen LogP contribution is -2.35. The average Bonchev–Trinajstić information content (AvgIpc) is 3.41. The van der Waals surface area contributed by atoms with Gasteiger partial charge in [-0.1, -0.05) is 43.2 Å². The van der Waals surface area contributed by atoms with Crippen LogP contribution in [-0.2, 0) is 5.41 Å². The lowest BCUT2D eigenvalue weighted by atomic mass is 9.65. The van der Waals surface area contributed by atoms with E-state index in [1.54, 1.807) is 6.07 Å². The monoisotopic (exact) mass is 373 g/mol. The SMILES string of the molecule is O=C(O)c1ccc2c(c1)C13CC2c2ccccc2C1CN(CC1CCCC1)C3. The molecule has 2 aromatic carbocycles. The Hall–Kier alpha value is -2.13. The van der Waals surface area contributed by atoms with Crippen molar-refractivity contribution in [2.24, 2.45) is 5.92 Å². The van der Waals surface area contributed by atoms with E-state index >= 15 is 0 Å². The first-order chi connectivity index (χ1) is 13.7. The van der Waals surface area contributed by atoms with Gasteiger partial charge in [0, 0.05) is 36.9 Å². The van der Waals surface area contributed by atoms with Crippen LogP contribution in [0, 0.1) is 5.92 Å². The molecule has 3 aliphatic carbocycles. The van der Waals surface area contributed by atoms with Gasteiger partial charge in [0.1, 0.15) is 0 Å². The molecule has 3 unspecified atom stereocenters. The minimum absolute atomic E-state index is 0.0957. The number of aromatic carboxylic acids is 1. The number of nitrogens with zero attached hydrogens (tertiary/aromatic N) is 1. The third-order valence-corrected chi connectivity index (χ3v) is 8.13. The van der Waals surface area contributed by atoms with E-state index in [0.717, 1.165) is 25.4 Å². The van der Waals surface area contributed by atoms with Crippen molar-refractivity contribution in [1.29, 1.82) is 0 Å². The molecule has 3 nitrogen and oxygen atoms in total. The molecule has 0 radical (unpaired) electrons. The van der Waals surface area contributed by atoms with E-state index in [1.807, 2.05) is 6.07 Å². The van der Waals surface area contributed by atoms with Crippen LogP contribution >= 0.6 is 0 Å². The highest BCUT2D eigenvalue weighted by atomic mass is 16.4. The van der Waals surface area contributed by atoms with E-state index in [9.17, 15) is 9.90 Å². The van der Waals surface area contributed by atoms with Crippen LogP contribution in [0.5, 0.6) is 0 Å². The standard InChI is InChI=1S/C25H27NO2/c27-24(28)17-9-10-20-21-12-25(22(20)11-17)15-26(13-16-5-1-2-6-16)14-23(25)19-8-4-3-7-18(19)21/h3-4,7-11,16,21,23H,1-2,5-6,12-15H2,(H,27,28). The Bertz CT molecular complexity index is 961. The van der Waals surface area contributed by atoms with Crippen molar-refractivity contribution >= 4 is 5.97 Å². The van der Waals surface area contributed by atoms with Crippen LogP contribution in [-0.4, -0.2) is 35.6 Å². The minimum Gasteiger partial charge on any atom is -0.478 e. The summed E-state index contributed by atoms with van der Waals surface area (Å²) in [5, 5.41) is 9.60. The summed E-state index contributed by atoms with van der Waals surface area (Å²) in [5.41, 5.74) is 6.24. The van der Waals surface area contributed by atoms with Crippen LogP contribution < -0.4 is 0 Å². The van der Waals surface area contributed by atoms with Gasteiger partial charge >= 0.3 is 5.97 Å². The molecule has 1 saturated heterocycles. The molecule has 2 fully saturated rings. The largest absolute Gasteiger partial charge is 0.478 e. The predicted molar refractivity (Wildman–Crippen MR) is 109 cm³/mol. The molecule has 1 N–H and O–H groups in total. The zero-order chi connectivity index (χ0) is 18.9. The molecule has 1 saturated carbocycles. The van der Waals surface area contributed by atoms with Crippen LogP contribution in [0.3, 0.4) is 0 Å². The van der Waals surface area contributed by atoms with Crippen LogP contribution in [0.15, 0.2) is 42.5 Å². The molecule has 4 aliphatic rings. The number of likely N-dealkylation sites (tertiary alicyclic amines) is 1. The summed E-state index contributed by atoms with van der Waals surface area (Å²) in [5.74, 6) is 0.965. The lowest BCUT2D eigenvalue weighted by Gasteiger charge is -2.37. The number of hydrogen-bond donors (Lipinski definition) is 1. The Morgan fingerprint density at radius 2 is 1.86 bits per heavy atom. The summed E-state index contributed by atoms with van der Waals surface area (Å²) >= 11 is 0. The maximum Gasteiger partial charge on any atom is 0.335 e. The highest BCUT2D eigenvalue weighted by Crippen LogP contribution is 2.63. The Morgan fingerprint density at radius 1 is 1.07 bits per heavy atom. The number of benzene rings is 2. The van der Waals surface area contributed by atoms with Crippen LogP contribution in [0.2, 0.25) is 0 Å².